The van der Waals surface area contributed by atoms with Crippen molar-refractivity contribution < 1.29 is 27.9 Å². The number of nitrogens with two attached hydrogens (primary N) is 1. The number of alkyl halides is 3. The lowest BCUT2D eigenvalue weighted by atomic mass is 9.85. The van der Waals surface area contributed by atoms with Crippen molar-refractivity contribution in [3.8, 4) is 0 Å². The van der Waals surface area contributed by atoms with E-state index in [2.05, 4.69) is 0 Å². The number of hydrogen-bond donors (Lipinski definition) is 2. The van der Waals surface area contributed by atoms with E-state index in [-0.39, 0.29) is 5.56 Å². The number of rotatable bonds is 3. The van der Waals surface area contributed by atoms with E-state index in [1.807, 2.05) is 0 Å². The molecule has 0 fully saturated rings. The molecule has 0 aliphatic carbocycles. The highest BCUT2D eigenvalue weighted by molar-refractivity contribution is 5.89. The van der Waals surface area contributed by atoms with Crippen molar-refractivity contribution in [2.45, 2.75) is 44.9 Å². The molecule has 5 nitrogen and oxygen atoms in total. The largest absolute Gasteiger partial charge is 0.465 e. The topological polar surface area (TPSA) is 83.6 Å². The van der Waals surface area contributed by atoms with E-state index >= 15 is 0 Å². The van der Waals surface area contributed by atoms with Gasteiger partial charge in [-0.25, -0.2) is 4.79 Å². The molecule has 0 aromatic heterocycles. The minimum absolute atomic E-state index is 0.142. The van der Waals surface area contributed by atoms with E-state index in [0.29, 0.717) is 0 Å². The lowest BCUT2D eigenvalue weighted by Gasteiger charge is -2.45. The number of benzene rings is 1. The average molecular weight is 332 g/mol. The van der Waals surface area contributed by atoms with Crippen LogP contribution in [0.1, 0.15) is 38.8 Å². The standard InChI is InChI=1S/C15H19F3N2O3/c1-13(2,3)20(12(22)23)14(4,11(19)21)9-6-5-7-10(8-9)15(16,17)18/h5-8H,1-4H3,(H2,19,21)(H,22,23). The maximum absolute atomic E-state index is 12.9. The highest BCUT2D eigenvalue weighted by atomic mass is 19.4. The van der Waals surface area contributed by atoms with Gasteiger partial charge in [0.25, 0.3) is 0 Å². The molecule has 0 spiro atoms. The second kappa shape index (κ2) is 5.75. The van der Waals surface area contributed by atoms with Crippen molar-refractivity contribution in [3.05, 3.63) is 35.4 Å². The fourth-order valence-corrected chi connectivity index (χ4v) is 2.53. The van der Waals surface area contributed by atoms with Crippen LogP contribution >= 0.6 is 0 Å². The van der Waals surface area contributed by atoms with Crippen molar-refractivity contribution in [1.82, 2.24) is 4.90 Å². The fraction of sp³-hybridized carbons (Fsp3) is 0.467. The number of hydrogen-bond acceptors (Lipinski definition) is 2. The van der Waals surface area contributed by atoms with Crippen molar-refractivity contribution in [2.75, 3.05) is 0 Å². The number of amides is 2. The second-order valence-electron chi connectivity index (χ2n) is 6.30. The van der Waals surface area contributed by atoms with Crippen LogP contribution < -0.4 is 5.73 Å². The van der Waals surface area contributed by atoms with Crippen molar-refractivity contribution >= 4 is 12.0 Å². The average Bonchev–Trinajstić information content (AvgIpc) is 2.35. The number of carbonyl (C=O) groups is 2. The fourth-order valence-electron chi connectivity index (χ4n) is 2.53. The molecular weight excluding hydrogens is 313 g/mol. The maximum Gasteiger partial charge on any atom is 0.416 e. The summed E-state index contributed by atoms with van der Waals surface area (Å²) in [4.78, 5) is 24.4. The summed E-state index contributed by atoms with van der Waals surface area (Å²) in [5.41, 5.74) is 1.23. The molecule has 0 saturated carbocycles. The summed E-state index contributed by atoms with van der Waals surface area (Å²) in [6.07, 6.45) is -6.08. The summed E-state index contributed by atoms with van der Waals surface area (Å²) < 4.78 is 38.7. The van der Waals surface area contributed by atoms with Crippen molar-refractivity contribution in [3.63, 3.8) is 0 Å². The van der Waals surface area contributed by atoms with Gasteiger partial charge in [-0.3, -0.25) is 9.69 Å². The van der Waals surface area contributed by atoms with Gasteiger partial charge in [0, 0.05) is 5.54 Å². The van der Waals surface area contributed by atoms with Crippen LogP contribution in [0.3, 0.4) is 0 Å². The van der Waals surface area contributed by atoms with Gasteiger partial charge < -0.3 is 10.8 Å². The smallest absolute Gasteiger partial charge is 0.416 e. The van der Waals surface area contributed by atoms with Crippen LogP contribution in [0.15, 0.2) is 24.3 Å². The summed E-state index contributed by atoms with van der Waals surface area (Å²) in [6, 6.07) is 3.95. The highest BCUT2D eigenvalue weighted by Gasteiger charge is 2.48. The molecule has 0 aliphatic rings. The van der Waals surface area contributed by atoms with Gasteiger partial charge >= 0.3 is 12.3 Å². The first-order chi connectivity index (χ1) is 10.2. The monoisotopic (exact) mass is 332 g/mol. The van der Waals surface area contributed by atoms with E-state index in [9.17, 15) is 27.9 Å². The third-order valence-electron chi connectivity index (χ3n) is 3.54. The van der Waals surface area contributed by atoms with E-state index in [4.69, 9.17) is 5.73 Å². The zero-order valence-corrected chi connectivity index (χ0v) is 13.2. The molecular formula is C15H19F3N2O3. The van der Waals surface area contributed by atoms with E-state index < -0.39 is 34.8 Å². The number of carboxylic acid groups (broad SMARTS) is 1. The van der Waals surface area contributed by atoms with Gasteiger partial charge in [-0.05, 0) is 45.4 Å². The molecule has 3 N–H and O–H groups in total. The van der Waals surface area contributed by atoms with Crippen molar-refractivity contribution in [2.24, 2.45) is 5.73 Å². The Hall–Kier alpha value is -2.25. The molecule has 23 heavy (non-hydrogen) atoms. The third kappa shape index (κ3) is 3.57. The lowest BCUT2D eigenvalue weighted by molar-refractivity contribution is -0.138. The quantitative estimate of drug-likeness (QED) is 0.891. The van der Waals surface area contributed by atoms with Crippen LogP contribution in [-0.4, -0.2) is 27.5 Å². The summed E-state index contributed by atoms with van der Waals surface area (Å²) in [5, 5.41) is 9.48. The van der Waals surface area contributed by atoms with E-state index in [1.165, 1.54) is 33.8 Å². The maximum atomic E-state index is 12.9. The first kappa shape index (κ1) is 18.8. The minimum Gasteiger partial charge on any atom is -0.465 e. The van der Waals surface area contributed by atoms with Crippen LogP contribution in [0.4, 0.5) is 18.0 Å². The summed E-state index contributed by atoms with van der Waals surface area (Å²) in [5.74, 6) is -1.06. The van der Waals surface area contributed by atoms with E-state index in [0.717, 1.165) is 23.1 Å². The predicted molar refractivity (Wildman–Crippen MR) is 77.6 cm³/mol. The Bertz CT molecular complexity index is 623. The molecule has 0 radical (unpaired) electrons. The SMILES string of the molecule is CC(C)(C)N(C(=O)O)C(C)(C(N)=O)c1cccc(C(F)(F)F)c1. The molecule has 8 heteroatoms. The molecule has 0 saturated heterocycles. The molecule has 0 bridgehead atoms. The van der Waals surface area contributed by atoms with E-state index in [1.54, 1.807) is 0 Å². The lowest BCUT2D eigenvalue weighted by Crippen LogP contribution is -2.61. The highest BCUT2D eigenvalue weighted by Crippen LogP contribution is 2.37. The molecule has 1 aromatic carbocycles. The molecule has 1 atom stereocenters. The predicted octanol–water partition coefficient (Wildman–Crippen LogP) is 3.18. The number of primary amides is 1. The van der Waals surface area contributed by atoms with Gasteiger partial charge in [-0.15, -0.1) is 0 Å². The first-order valence-electron chi connectivity index (χ1n) is 6.73. The minimum atomic E-state index is -4.62. The molecule has 1 unspecified atom stereocenters. The van der Waals surface area contributed by atoms with Crippen LogP contribution in [0.5, 0.6) is 0 Å². The van der Waals surface area contributed by atoms with Crippen LogP contribution in [0, 0.1) is 0 Å². The Morgan fingerprint density at radius 1 is 1.09 bits per heavy atom. The summed E-state index contributed by atoms with van der Waals surface area (Å²) in [7, 11) is 0. The van der Waals surface area contributed by atoms with Gasteiger partial charge in [0.2, 0.25) is 5.91 Å². The van der Waals surface area contributed by atoms with Gasteiger partial charge in [-0.1, -0.05) is 12.1 Å². The van der Waals surface area contributed by atoms with Gasteiger partial charge in [-0.2, -0.15) is 13.2 Å². The Morgan fingerprint density at radius 2 is 1.57 bits per heavy atom. The number of halogens is 3. The molecule has 0 heterocycles. The van der Waals surface area contributed by atoms with Gasteiger partial charge in [0.05, 0.1) is 5.56 Å². The normalized spacial score (nSPS) is 14.9. The van der Waals surface area contributed by atoms with Crippen LogP contribution in [-0.2, 0) is 16.5 Å². The zero-order chi connectivity index (χ0) is 18.2. The molecule has 128 valence electrons. The van der Waals surface area contributed by atoms with Gasteiger partial charge in [0.1, 0.15) is 5.54 Å². The Morgan fingerprint density at radius 3 is 1.91 bits per heavy atom. The van der Waals surface area contributed by atoms with Crippen molar-refractivity contribution in [1.29, 1.82) is 0 Å². The summed E-state index contributed by atoms with van der Waals surface area (Å²) >= 11 is 0. The molecule has 2 amide bonds. The summed E-state index contributed by atoms with van der Waals surface area (Å²) in [6.45, 7) is 5.77. The Kier molecular flexibility index (Phi) is 4.70. The first-order valence-corrected chi connectivity index (χ1v) is 6.73. The molecule has 1 aromatic rings. The number of carbonyl (C=O) groups excluding carboxylic acids is 1. The van der Waals surface area contributed by atoms with Gasteiger partial charge in [0.15, 0.2) is 0 Å². The number of nitrogens with zero attached hydrogens (tertiary/aromatic N) is 1. The molecule has 1 rings (SSSR count). The Balaban J connectivity index is 3.64. The van der Waals surface area contributed by atoms with Crippen LogP contribution in [0.2, 0.25) is 0 Å². The third-order valence-corrected chi connectivity index (χ3v) is 3.54. The second-order valence-corrected chi connectivity index (χ2v) is 6.30. The molecule has 0 aliphatic heterocycles. The Labute approximate surface area is 131 Å². The zero-order valence-electron chi connectivity index (χ0n) is 13.2. The van der Waals surface area contributed by atoms with Crippen LogP contribution in [0.25, 0.3) is 0 Å².